The SMILES string of the molecule is CCCC[C@H](N)c1nc(C2CCCCCCC2)no1. The lowest BCUT2D eigenvalue weighted by molar-refractivity contribution is 0.336. The summed E-state index contributed by atoms with van der Waals surface area (Å²) >= 11 is 0. The van der Waals surface area contributed by atoms with E-state index in [0.717, 1.165) is 25.1 Å². The fourth-order valence-electron chi connectivity index (χ4n) is 2.83. The van der Waals surface area contributed by atoms with Gasteiger partial charge in [-0.25, -0.2) is 0 Å². The Morgan fingerprint density at radius 2 is 1.89 bits per heavy atom. The van der Waals surface area contributed by atoms with Crippen LogP contribution in [-0.4, -0.2) is 10.1 Å². The molecule has 0 saturated heterocycles. The lowest BCUT2D eigenvalue weighted by Gasteiger charge is -2.15. The molecule has 1 heterocycles. The largest absolute Gasteiger partial charge is 0.338 e. The standard InChI is InChI=1S/C15H27N3O/c1-2-3-11-13(16)15-17-14(18-19-15)12-9-7-5-4-6-8-10-12/h12-13H,2-11,16H2,1H3/t13-/m0/s1. The third-order valence-electron chi connectivity index (χ3n) is 4.11. The molecule has 1 aromatic heterocycles. The van der Waals surface area contributed by atoms with Crippen molar-refractivity contribution in [1.29, 1.82) is 0 Å². The van der Waals surface area contributed by atoms with Gasteiger partial charge in [-0.1, -0.05) is 57.0 Å². The number of nitrogens with two attached hydrogens (primary N) is 1. The summed E-state index contributed by atoms with van der Waals surface area (Å²) in [4.78, 5) is 4.56. The van der Waals surface area contributed by atoms with Crippen molar-refractivity contribution in [3.8, 4) is 0 Å². The molecule has 108 valence electrons. The second-order valence-electron chi connectivity index (χ2n) is 5.78. The molecule has 0 amide bonds. The Kier molecular flexibility index (Phi) is 5.83. The molecule has 2 N–H and O–H groups in total. The van der Waals surface area contributed by atoms with Crippen LogP contribution in [0.1, 0.15) is 94.8 Å². The smallest absolute Gasteiger partial charge is 0.243 e. The van der Waals surface area contributed by atoms with Crippen molar-refractivity contribution in [2.24, 2.45) is 5.73 Å². The molecule has 1 atom stereocenters. The molecule has 4 nitrogen and oxygen atoms in total. The van der Waals surface area contributed by atoms with E-state index in [1.807, 2.05) is 0 Å². The Bertz CT molecular complexity index is 356. The van der Waals surface area contributed by atoms with Gasteiger partial charge in [0.1, 0.15) is 0 Å². The molecular weight excluding hydrogens is 238 g/mol. The Balaban J connectivity index is 1.94. The number of nitrogens with zero attached hydrogens (tertiary/aromatic N) is 2. The van der Waals surface area contributed by atoms with E-state index < -0.39 is 0 Å². The monoisotopic (exact) mass is 265 g/mol. The first-order valence-corrected chi connectivity index (χ1v) is 7.90. The molecule has 4 heteroatoms. The molecule has 0 aromatic carbocycles. The van der Waals surface area contributed by atoms with Crippen molar-refractivity contribution in [1.82, 2.24) is 10.1 Å². The minimum absolute atomic E-state index is 0.0882. The maximum absolute atomic E-state index is 6.08. The summed E-state index contributed by atoms with van der Waals surface area (Å²) in [6.45, 7) is 2.17. The van der Waals surface area contributed by atoms with Crippen molar-refractivity contribution >= 4 is 0 Å². The summed E-state index contributed by atoms with van der Waals surface area (Å²) in [7, 11) is 0. The van der Waals surface area contributed by atoms with Crippen LogP contribution in [0.5, 0.6) is 0 Å². The topological polar surface area (TPSA) is 64.9 Å². The molecular formula is C15H27N3O. The van der Waals surface area contributed by atoms with Gasteiger partial charge in [0, 0.05) is 5.92 Å². The number of hydrogen-bond acceptors (Lipinski definition) is 4. The maximum Gasteiger partial charge on any atom is 0.243 e. The summed E-state index contributed by atoms with van der Waals surface area (Å²) in [6.07, 6.45) is 12.2. The highest BCUT2D eigenvalue weighted by atomic mass is 16.5. The zero-order chi connectivity index (χ0) is 13.5. The van der Waals surface area contributed by atoms with Gasteiger partial charge in [-0.15, -0.1) is 0 Å². The van der Waals surface area contributed by atoms with Gasteiger partial charge < -0.3 is 10.3 Å². The first-order chi connectivity index (χ1) is 9.31. The zero-order valence-corrected chi connectivity index (χ0v) is 12.1. The molecule has 1 saturated carbocycles. The second-order valence-corrected chi connectivity index (χ2v) is 5.78. The van der Waals surface area contributed by atoms with Gasteiger partial charge in [0.05, 0.1) is 6.04 Å². The third-order valence-corrected chi connectivity index (χ3v) is 4.11. The average molecular weight is 265 g/mol. The van der Waals surface area contributed by atoms with Crippen molar-refractivity contribution < 1.29 is 4.52 Å². The summed E-state index contributed by atoms with van der Waals surface area (Å²) in [5, 5.41) is 4.18. The molecule has 1 aromatic rings. The highest BCUT2D eigenvalue weighted by molar-refractivity contribution is 4.98. The minimum atomic E-state index is -0.0882. The average Bonchev–Trinajstić information content (AvgIpc) is 2.85. The second kappa shape index (κ2) is 7.63. The van der Waals surface area contributed by atoms with E-state index in [-0.39, 0.29) is 6.04 Å². The van der Waals surface area contributed by atoms with Gasteiger partial charge in [-0.05, 0) is 19.3 Å². The molecule has 19 heavy (non-hydrogen) atoms. The molecule has 2 rings (SSSR count). The maximum atomic E-state index is 6.08. The highest BCUT2D eigenvalue weighted by Gasteiger charge is 2.21. The Labute approximate surface area is 116 Å². The zero-order valence-electron chi connectivity index (χ0n) is 12.1. The van der Waals surface area contributed by atoms with E-state index in [1.165, 1.54) is 44.9 Å². The number of aromatic nitrogens is 2. The molecule has 0 unspecified atom stereocenters. The summed E-state index contributed by atoms with van der Waals surface area (Å²) in [5.74, 6) is 2.01. The van der Waals surface area contributed by atoms with Gasteiger partial charge in [-0.2, -0.15) is 4.98 Å². The fraction of sp³-hybridized carbons (Fsp3) is 0.867. The van der Waals surface area contributed by atoms with Crippen LogP contribution in [0, 0.1) is 0 Å². The van der Waals surface area contributed by atoms with Gasteiger partial charge in [0.15, 0.2) is 5.82 Å². The van der Waals surface area contributed by atoms with E-state index in [9.17, 15) is 0 Å². The first kappa shape index (κ1) is 14.5. The predicted octanol–water partition coefficient (Wildman–Crippen LogP) is 4.09. The highest BCUT2D eigenvalue weighted by Crippen LogP contribution is 2.29. The summed E-state index contributed by atoms with van der Waals surface area (Å²) in [6, 6.07) is -0.0882. The van der Waals surface area contributed by atoms with Crippen molar-refractivity contribution in [3.05, 3.63) is 11.7 Å². The fourth-order valence-corrected chi connectivity index (χ4v) is 2.83. The molecule has 0 bridgehead atoms. The van der Waals surface area contributed by atoms with Crippen LogP contribution in [0.4, 0.5) is 0 Å². The van der Waals surface area contributed by atoms with E-state index in [0.29, 0.717) is 11.8 Å². The Morgan fingerprint density at radius 1 is 1.21 bits per heavy atom. The van der Waals surface area contributed by atoms with Crippen LogP contribution in [0.3, 0.4) is 0 Å². The molecule has 1 fully saturated rings. The van der Waals surface area contributed by atoms with Crippen molar-refractivity contribution in [2.45, 2.75) is 83.1 Å². The van der Waals surface area contributed by atoms with Gasteiger partial charge in [0.25, 0.3) is 0 Å². The minimum Gasteiger partial charge on any atom is -0.338 e. The van der Waals surface area contributed by atoms with Crippen LogP contribution in [0.25, 0.3) is 0 Å². The van der Waals surface area contributed by atoms with Gasteiger partial charge >= 0.3 is 0 Å². The van der Waals surface area contributed by atoms with Crippen LogP contribution in [0.15, 0.2) is 4.52 Å². The summed E-state index contributed by atoms with van der Waals surface area (Å²) < 4.78 is 5.36. The lowest BCUT2D eigenvalue weighted by atomic mass is 9.91. The van der Waals surface area contributed by atoms with Crippen LogP contribution in [-0.2, 0) is 0 Å². The van der Waals surface area contributed by atoms with Crippen molar-refractivity contribution in [2.75, 3.05) is 0 Å². The molecule has 0 spiro atoms. The molecule has 0 radical (unpaired) electrons. The molecule has 1 aliphatic carbocycles. The van der Waals surface area contributed by atoms with E-state index >= 15 is 0 Å². The predicted molar refractivity (Wildman–Crippen MR) is 75.8 cm³/mol. The molecule has 0 aliphatic heterocycles. The first-order valence-electron chi connectivity index (χ1n) is 7.90. The summed E-state index contributed by atoms with van der Waals surface area (Å²) in [5.41, 5.74) is 6.08. The van der Waals surface area contributed by atoms with Crippen LogP contribution >= 0.6 is 0 Å². The third kappa shape index (κ3) is 4.30. The van der Waals surface area contributed by atoms with Gasteiger partial charge in [-0.3, -0.25) is 0 Å². The van der Waals surface area contributed by atoms with Crippen LogP contribution in [0.2, 0.25) is 0 Å². The quantitative estimate of drug-likeness (QED) is 0.871. The number of hydrogen-bond donors (Lipinski definition) is 1. The van der Waals surface area contributed by atoms with Crippen LogP contribution < -0.4 is 5.73 Å². The number of unbranched alkanes of at least 4 members (excludes halogenated alkanes) is 1. The van der Waals surface area contributed by atoms with E-state index in [2.05, 4.69) is 17.1 Å². The van der Waals surface area contributed by atoms with Crippen molar-refractivity contribution in [3.63, 3.8) is 0 Å². The van der Waals surface area contributed by atoms with Gasteiger partial charge in [0.2, 0.25) is 5.89 Å². The normalized spacial score (nSPS) is 19.9. The Morgan fingerprint density at radius 3 is 2.58 bits per heavy atom. The lowest BCUT2D eigenvalue weighted by Crippen LogP contribution is -2.11. The Hall–Kier alpha value is -0.900. The van der Waals surface area contributed by atoms with E-state index in [4.69, 9.17) is 10.3 Å². The number of rotatable bonds is 5. The van der Waals surface area contributed by atoms with E-state index in [1.54, 1.807) is 0 Å². The molecule has 1 aliphatic rings.